The molecule has 1 aromatic rings. The van der Waals surface area contributed by atoms with Crippen LogP contribution in [-0.2, 0) is 9.53 Å². The van der Waals surface area contributed by atoms with E-state index < -0.39 is 0 Å². The lowest BCUT2D eigenvalue weighted by atomic mass is 10.3. The average Bonchev–Trinajstić information content (AvgIpc) is 2.18. The van der Waals surface area contributed by atoms with Crippen molar-refractivity contribution in [3.63, 3.8) is 0 Å². The summed E-state index contributed by atoms with van der Waals surface area (Å²) >= 11 is 0. The Bertz CT molecular complexity index is 283. The minimum absolute atomic E-state index is 0. The molecule has 0 amide bonds. The first-order chi connectivity index (χ1) is 6.24. The largest absolute Gasteiger partial charge is 0.467 e. The molecule has 1 heterocycles. The van der Waals surface area contributed by atoms with E-state index in [4.69, 9.17) is 0 Å². The molecule has 4 nitrogen and oxygen atoms in total. The lowest BCUT2D eigenvalue weighted by molar-refractivity contribution is -0.141. The van der Waals surface area contributed by atoms with E-state index in [0.29, 0.717) is 0 Å². The number of ether oxygens (including phenoxy) is 1. The number of halogens is 2. The SMILES string of the molecule is COC(=O)[C@H](C)Nc1ccncc1.Cl.Cl. The number of aromatic nitrogens is 1. The monoisotopic (exact) mass is 252 g/mol. The molecule has 1 atom stereocenters. The number of carbonyl (C=O) groups is 1. The number of esters is 1. The molecule has 0 radical (unpaired) electrons. The summed E-state index contributed by atoms with van der Waals surface area (Å²) in [6.45, 7) is 1.74. The van der Waals surface area contributed by atoms with E-state index in [9.17, 15) is 4.79 Å². The Morgan fingerprint density at radius 3 is 2.40 bits per heavy atom. The van der Waals surface area contributed by atoms with Crippen molar-refractivity contribution >= 4 is 36.5 Å². The number of pyridine rings is 1. The molecular formula is C9H14Cl2N2O2. The van der Waals surface area contributed by atoms with Crippen molar-refractivity contribution in [2.75, 3.05) is 12.4 Å². The summed E-state index contributed by atoms with van der Waals surface area (Å²) in [5, 5.41) is 2.98. The Hall–Kier alpha value is -1.00. The zero-order valence-corrected chi connectivity index (χ0v) is 10.1. The van der Waals surface area contributed by atoms with Crippen LogP contribution in [0.15, 0.2) is 24.5 Å². The van der Waals surface area contributed by atoms with E-state index in [2.05, 4.69) is 15.0 Å². The van der Waals surface area contributed by atoms with Gasteiger partial charge < -0.3 is 10.1 Å². The van der Waals surface area contributed by atoms with Crippen LogP contribution in [-0.4, -0.2) is 24.1 Å². The fourth-order valence-corrected chi connectivity index (χ4v) is 0.934. The third-order valence-electron chi connectivity index (χ3n) is 1.62. The number of hydrogen-bond donors (Lipinski definition) is 1. The van der Waals surface area contributed by atoms with Gasteiger partial charge in [0.2, 0.25) is 0 Å². The number of hydrogen-bond acceptors (Lipinski definition) is 4. The summed E-state index contributed by atoms with van der Waals surface area (Å²) in [6.07, 6.45) is 3.32. The molecule has 86 valence electrons. The van der Waals surface area contributed by atoms with Gasteiger partial charge in [-0.3, -0.25) is 4.98 Å². The fraction of sp³-hybridized carbons (Fsp3) is 0.333. The molecule has 1 rings (SSSR count). The lowest BCUT2D eigenvalue weighted by Crippen LogP contribution is -2.27. The lowest BCUT2D eigenvalue weighted by Gasteiger charge is -2.11. The van der Waals surface area contributed by atoms with Gasteiger partial charge in [0.1, 0.15) is 6.04 Å². The predicted octanol–water partition coefficient (Wildman–Crippen LogP) is 1.90. The zero-order valence-electron chi connectivity index (χ0n) is 8.47. The molecule has 0 saturated carbocycles. The van der Waals surface area contributed by atoms with Gasteiger partial charge in [0, 0.05) is 18.1 Å². The fourth-order valence-electron chi connectivity index (χ4n) is 0.934. The molecule has 1 aromatic heterocycles. The first-order valence-electron chi connectivity index (χ1n) is 3.98. The molecule has 0 unspecified atom stereocenters. The minimum Gasteiger partial charge on any atom is -0.467 e. The maximum atomic E-state index is 11.0. The molecular weight excluding hydrogens is 239 g/mol. The second-order valence-electron chi connectivity index (χ2n) is 2.63. The molecule has 1 N–H and O–H groups in total. The van der Waals surface area contributed by atoms with Crippen LogP contribution >= 0.6 is 24.8 Å². The first kappa shape index (κ1) is 16.4. The first-order valence-corrected chi connectivity index (χ1v) is 3.98. The number of methoxy groups -OCH3 is 1. The smallest absolute Gasteiger partial charge is 0.327 e. The normalized spacial score (nSPS) is 10.3. The quantitative estimate of drug-likeness (QED) is 0.836. The highest BCUT2D eigenvalue weighted by Gasteiger charge is 2.11. The van der Waals surface area contributed by atoms with E-state index >= 15 is 0 Å². The molecule has 0 aliphatic heterocycles. The molecule has 0 aliphatic rings. The number of anilines is 1. The van der Waals surface area contributed by atoms with Crippen LogP contribution < -0.4 is 5.32 Å². The number of nitrogens with zero attached hydrogens (tertiary/aromatic N) is 1. The number of carbonyl (C=O) groups excluding carboxylic acids is 1. The third-order valence-corrected chi connectivity index (χ3v) is 1.62. The highest BCUT2D eigenvalue weighted by molar-refractivity contribution is 5.85. The summed E-state index contributed by atoms with van der Waals surface area (Å²) < 4.78 is 4.57. The second-order valence-corrected chi connectivity index (χ2v) is 2.63. The van der Waals surface area contributed by atoms with Crippen LogP contribution in [0.25, 0.3) is 0 Å². The van der Waals surface area contributed by atoms with Crippen molar-refractivity contribution in [3.05, 3.63) is 24.5 Å². The average molecular weight is 253 g/mol. The summed E-state index contributed by atoms with van der Waals surface area (Å²) in [5.41, 5.74) is 0.855. The molecule has 0 spiro atoms. The molecule has 0 aromatic carbocycles. The summed E-state index contributed by atoms with van der Waals surface area (Å²) in [7, 11) is 1.37. The van der Waals surface area contributed by atoms with E-state index in [-0.39, 0.29) is 36.8 Å². The Morgan fingerprint density at radius 2 is 1.93 bits per heavy atom. The van der Waals surface area contributed by atoms with Crippen LogP contribution in [0, 0.1) is 0 Å². The molecule has 15 heavy (non-hydrogen) atoms. The van der Waals surface area contributed by atoms with Crippen LogP contribution in [0.5, 0.6) is 0 Å². The van der Waals surface area contributed by atoms with Gasteiger partial charge in [-0.15, -0.1) is 24.8 Å². The van der Waals surface area contributed by atoms with Gasteiger partial charge in [0.25, 0.3) is 0 Å². The van der Waals surface area contributed by atoms with Crippen LogP contribution in [0.1, 0.15) is 6.92 Å². The number of rotatable bonds is 3. The van der Waals surface area contributed by atoms with Crippen molar-refractivity contribution in [2.45, 2.75) is 13.0 Å². The van der Waals surface area contributed by atoms with Crippen molar-refractivity contribution in [2.24, 2.45) is 0 Å². The van der Waals surface area contributed by atoms with Crippen molar-refractivity contribution in [3.8, 4) is 0 Å². The topological polar surface area (TPSA) is 51.2 Å². The molecule has 0 bridgehead atoms. The van der Waals surface area contributed by atoms with E-state index in [1.165, 1.54) is 7.11 Å². The summed E-state index contributed by atoms with van der Waals surface area (Å²) in [6, 6.07) is 3.24. The van der Waals surface area contributed by atoms with E-state index in [1.807, 2.05) is 0 Å². The van der Waals surface area contributed by atoms with Crippen LogP contribution in [0.4, 0.5) is 5.69 Å². The molecule has 0 saturated heterocycles. The third kappa shape index (κ3) is 5.44. The summed E-state index contributed by atoms with van der Waals surface area (Å²) in [5.74, 6) is -0.281. The van der Waals surface area contributed by atoms with Crippen molar-refractivity contribution in [1.29, 1.82) is 0 Å². The van der Waals surface area contributed by atoms with Crippen LogP contribution in [0.2, 0.25) is 0 Å². The molecule has 0 aliphatic carbocycles. The van der Waals surface area contributed by atoms with Gasteiger partial charge in [0.05, 0.1) is 7.11 Å². The van der Waals surface area contributed by atoms with Gasteiger partial charge in [-0.05, 0) is 19.1 Å². The van der Waals surface area contributed by atoms with Crippen LogP contribution in [0.3, 0.4) is 0 Å². The Balaban J connectivity index is 0. The van der Waals surface area contributed by atoms with Gasteiger partial charge in [0.15, 0.2) is 0 Å². The Kier molecular flexibility index (Phi) is 9.11. The van der Waals surface area contributed by atoms with Gasteiger partial charge in [-0.1, -0.05) is 0 Å². The van der Waals surface area contributed by atoms with Crippen molar-refractivity contribution in [1.82, 2.24) is 4.98 Å². The molecule has 0 fully saturated rings. The maximum Gasteiger partial charge on any atom is 0.327 e. The Morgan fingerprint density at radius 1 is 1.40 bits per heavy atom. The predicted molar refractivity (Wildman–Crippen MR) is 63.8 cm³/mol. The van der Waals surface area contributed by atoms with Gasteiger partial charge in [-0.25, -0.2) is 4.79 Å². The zero-order chi connectivity index (χ0) is 9.68. The highest BCUT2D eigenvalue weighted by Crippen LogP contribution is 2.05. The Labute approximate surface area is 101 Å². The minimum atomic E-state index is -0.340. The van der Waals surface area contributed by atoms with Gasteiger partial charge >= 0.3 is 5.97 Å². The molecule has 6 heteroatoms. The standard InChI is InChI=1S/C9H12N2O2.2ClH/c1-7(9(12)13-2)11-8-3-5-10-6-4-8;;/h3-7H,1-2H3,(H,10,11);2*1H/t7-;;/m0../s1. The van der Waals surface area contributed by atoms with Crippen molar-refractivity contribution < 1.29 is 9.53 Å². The van der Waals surface area contributed by atoms with E-state index in [0.717, 1.165) is 5.69 Å². The second kappa shape index (κ2) is 8.32. The number of nitrogens with one attached hydrogen (secondary N) is 1. The highest BCUT2D eigenvalue weighted by atomic mass is 35.5. The van der Waals surface area contributed by atoms with Gasteiger partial charge in [-0.2, -0.15) is 0 Å². The maximum absolute atomic E-state index is 11.0. The summed E-state index contributed by atoms with van der Waals surface area (Å²) in [4.78, 5) is 14.9. The van der Waals surface area contributed by atoms with E-state index in [1.54, 1.807) is 31.5 Å².